The van der Waals surface area contributed by atoms with Crippen molar-refractivity contribution < 1.29 is 9.53 Å². The third-order valence-corrected chi connectivity index (χ3v) is 4.93. The van der Waals surface area contributed by atoms with Gasteiger partial charge in [0.2, 0.25) is 0 Å². The second kappa shape index (κ2) is 10.4. The Labute approximate surface area is 158 Å². The number of amides is 2. The summed E-state index contributed by atoms with van der Waals surface area (Å²) in [4.78, 5) is 14.7. The third kappa shape index (κ3) is 6.87. The first-order chi connectivity index (χ1) is 12.5. The Kier molecular flexibility index (Phi) is 8.23. The Balaban J connectivity index is 1.70. The Bertz CT molecular complexity index is 562. The zero-order valence-corrected chi connectivity index (χ0v) is 16.8. The molecule has 1 saturated heterocycles. The summed E-state index contributed by atoms with van der Waals surface area (Å²) in [5, 5.41) is 5.98. The smallest absolute Gasteiger partial charge is 0.315 e. The molecule has 5 nitrogen and oxygen atoms in total. The lowest BCUT2D eigenvalue weighted by molar-refractivity contribution is 0.159. The van der Waals surface area contributed by atoms with Crippen LogP contribution in [0.4, 0.5) is 4.79 Å². The molecule has 0 aliphatic carbocycles. The molecular weight excluding hydrogens is 326 g/mol. The van der Waals surface area contributed by atoms with Crippen molar-refractivity contribution >= 4 is 6.03 Å². The van der Waals surface area contributed by atoms with Gasteiger partial charge in [-0.3, -0.25) is 0 Å². The molecule has 0 spiro atoms. The zero-order chi connectivity index (χ0) is 18.9. The minimum Gasteiger partial charge on any atom is -0.491 e. The van der Waals surface area contributed by atoms with E-state index in [1.54, 1.807) is 0 Å². The van der Waals surface area contributed by atoms with Crippen LogP contribution in [0.1, 0.15) is 65.0 Å². The van der Waals surface area contributed by atoms with Crippen LogP contribution >= 0.6 is 0 Å². The highest BCUT2D eigenvalue weighted by molar-refractivity contribution is 5.74. The van der Waals surface area contributed by atoms with Gasteiger partial charge in [-0.1, -0.05) is 18.6 Å². The van der Waals surface area contributed by atoms with Crippen molar-refractivity contribution in [3.8, 4) is 5.75 Å². The van der Waals surface area contributed by atoms with Crippen LogP contribution in [0, 0.1) is 0 Å². The normalized spacial score (nSPS) is 19.2. The van der Waals surface area contributed by atoms with Gasteiger partial charge in [-0.2, -0.15) is 0 Å². The van der Waals surface area contributed by atoms with Crippen molar-refractivity contribution in [1.29, 1.82) is 0 Å². The van der Waals surface area contributed by atoms with E-state index in [0.29, 0.717) is 12.6 Å². The first kappa shape index (κ1) is 20.6. The minimum atomic E-state index is -0.112. The summed E-state index contributed by atoms with van der Waals surface area (Å²) in [5.41, 5.74) is 1.04. The van der Waals surface area contributed by atoms with Crippen molar-refractivity contribution in [3.63, 3.8) is 0 Å². The molecule has 2 atom stereocenters. The Morgan fingerprint density at radius 2 is 2.12 bits per heavy atom. The van der Waals surface area contributed by atoms with Crippen molar-refractivity contribution in [2.24, 2.45) is 0 Å². The average molecular weight is 362 g/mol. The van der Waals surface area contributed by atoms with Gasteiger partial charge in [0.25, 0.3) is 0 Å². The fourth-order valence-corrected chi connectivity index (χ4v) is 3.43. The Morgan fingerprint density at radius 1 is 1.31 bits per heavy atom. The first-order valence-electron chi connectivity index (χ1n) is 10.0. The largest absolute Gasteiger partial charge is 0.491 e. The molecule has 1 fully saturated rings. The number of urea groups is 1. The van der Waals surface area contributed by atoms with E-state index in [0.717, 1.165) is 24.3 Å². The fourth-order valence-electron chi connectivity index (χ4n) is 3.43. The molecule has 0 aromatic heterocycles. The van der Waals surface area contributed by atoms with Crippen LogP contribution in [-0.2, 0) is 0 Å². The third-order valence-electron chi connectivity index (χ3n) is 4.93. The molecule has 2 N–H and O–H groups in total. The summed E-state index contributed by atoms with van der Waals surface area (Å²) in [5.74, 6) is 0.835. The zero-order valence-electron chi connectivity index (χ0n) is 16.8. The summed E-state index contributed by atoms with van der Waals surface area (Å²) in [6.07, 6.45) is 5.07. The predicted octanol–water partition coefficient (Wildman–Crippen LogP) is 4.10. The maximum absolute atomic E-state index is 12.1. The molecule has 1 heterocycles. The lowest BCUT2D eigenvalue weighted by atomic mass is 10.0. The highest BCUT2D eigenvalue weighted by Crippen LogP contribution is 2.20. The van der Waals surface area contributed by atoms with Crippen LogP contribution < -0.4 is 15.4 Å². The molecule has 2 unspecified atom stereocenters. The second-order valence-corrected chi connectivity index (χ2v) is 7.60. The number of ether oxygens (including phenoxy) is 1. The number of nitrogens with zero attached hydrogens (tertiary/aromatic N) is 1. The number of benzene rings is 1. The number of carbonyl (C=O) groups excluding carboxylic acids is 1. The van der Waals surface area contributed by atoms with Crippen LogP contribution in [0.5, 0.6) is 5.75 Å². The van der Waals surface area contributed by atoms with E-state index in [-0.39, 0.29) is 18.2 Å². The van der Waals surface area contributed by atoms with Crippen molar-refractivity contribution in [1.82, 2.24) is 15.5 Å². The molecule has 0 saturated carbocycles. The van der Waals surface area contributed by atoms with Crippen LogP contribution in [0.3, 0.4) is 0 Å². The molecule has 1 aromatic carbocycles. The van der Waals surface area contributed by atoms with E-state index in [9.17, 15) is 4.79 Å². The summed E-state index contributed by atoms with van der Waals surface area (Å²) >= 11 is 0. The van der Waals surface area contributed by atoms with Crippen molar-refractivity contribution in [2.75, 3.05) is 19.6 Å². The maximum atomic E-state index is 12.1. The van der Waals surface area contributed by atoms with E-state index in [2.05, 4.69) is 22.5 Å². The van der Waals surface area contributed by atoms with Gasteiger partial charge in [0.05, 0.1) is 12.1 Å². The molecule has 2 amide bonds. The van der Waals surface area contributed by atoms with Crippen LogP contribution in [0.15, 0.2) is 24.3 Å². The predicted molar refractivity (Wildman–Crippen MR) is 107 cm³/mol. The monoisotopic (exact) mass is 361 g/mol. The summed E-state index contributed by atoms with van der Waals surface area (Å²) in [6, 6.07) is 8.41. The number of hydrogen-bond acceptors (Lipinski definition) is 3. The molecule has 26 heavy (non-hydrogen) atoms. The number of piperidine rings is 1. The lowest BCUT2D eigenvalue weighted by Crippen LogP contribution is -2.41. The average Bonchev–Trinajstić information content (AvgIpc) is 2.59. The molecule has 1 aliphatic heterocycles. The molecule has 1 aliphatic rings. The summed E-state index contributed by atoms with van der Waals surface area (Å²) < 4.78 is 5.72. The van der Waals surface area contributed by atoms with Gasteiger partial charge in [0.15, 0.2) is 0 Å². The van der Waals surface area contributed by atoms with Crippen LogP contribution in [-0.4, -0.2) is 42.7 Å². The molecule has 5 heteroatoms. The molecule has 1 aromatic rings. The molecule has 0 bridgehead atoms. The van der Waals surface area contributed by atoms with Gasteiger partial charge in [-0.15, -0.1) is 0 Å². The topological polar surface area (TPSA) is 53.6 Å². The van der Waals surface area contributed by atoms with Gasteiger partial charge < -0.3 is 20.3 Å². The van der Waals surface area contributed by atoms with E-state index < -0.39 is 0 Å². The summed E-state index contributed by atoms with van der Waals surface area (Å²) in [6.45, 7) is 11.3. The highest BCUT2D eigenvalue weighted by Gasteiger charge is 2.17. The molecular formula is C21H35N3O2. The van der Waals surface area contributed by atoms with Gasteiger partial charge >= 0.3 is 6.03 Å². The van der Waals surface area contributed by atoms with E-state index in [1.165, 1.54) is 25.8 Å². The fraction of sp³-hybridized carbons (Fsp3) is 0.667. The van der Waals surface area contributed by atoms with E-state index >= 15 is 0 Å². The minimum absolute atomic E-state index is 0.0622. The number of likely N-dealkylation sites (tertiary alicyclic amines) is 1. The molecule has 146 valence electrons. The molecule has 0 radical (unpaired) electrons. The number of nitrogens with one attached hydrogen (secondary N) is 2. The van der Waals surface area contributed by atoms with Crippen molar-refractivity contribution in [2.45, 2.75) is 71.6 Å². The van der Waals surface area contributed by atoms with Gasteiger partial charge in [-0.25, -0.2) is 4.79 Å². The van der Waals surface area contributed by atoms with Gasteiger partial charge in [0, 0.05) is 19.1 Å². The van der Waals surface area contributed by atoms with Crippen LogP contribution in [0.2, 0.25) is 0 Å². The Hall–Kier alpha value is -1.75. The van der Waals surface area contributed by atoms with E-state index in [1.807, 2.05) is 45.0 Å². The quantitative estimate of drug-likeness (QED) is 0.686. The summed E-state index contributed by atoms with van der Waals surface area (Å²) in [7, 11) is 0. The lowest BCUT2D eigenvalue weighted by Gasteiger charge is -2.33. The van der Waals surface area contributed by atoms with Crippen LogP contribution in [0.25, 0.3) is 0 Å². The molecule has 2 rings (SSSR count). The number of rotatable bonds is 8. The number of hydrogen-bond donors (Lipinski definition) is 2. The standard InChI is InChI=1S/C21H35N3O2/c1-16(2)26-20-11-7-10-19(15-20)18(4)23-21(25)22-12-8-14-24-13-6-5-9-17(24)3/h7,10-11,15-18H,5-6,8-9,12-14H2,1-4H3,(H2,22,23,25). The first-order valence-corrected chi connectivity index (χ1v) is 10.0. The van der Waals surface area contributed by atoms with Gasteiger partial charge in [0.1, 0.15) is 5.75 Å². The van der Waals surface area contributed by atoms with Gasteiger partial charge in [-0.05, 0) is 71.2 Å². The highest BCUT2D eigenvalue weighted by atomic mass is 16.5. The number of carbonyl (C=O) groups is 1. The SMILES string of the molecule is CC(C)Oc1cccc(C(C)NC(=O)NCCCN2CCCCC2C)c1. The maximum Gasteiger partial charge on any atom is 0.315 e. The second-order valence-electron chi connectivity index (χ2n) is 7.60. The Morgan fingerprint density at radius 3 is 2.85 bits per heavy atom. The van der Waals surface area contributed by atoms with Crippen molar-refractivity contribution in [3.05, 3.63) is 29.8 Å². The van der Waals surface area contributed by atoms with E-state index in [4.69, 9.17) is 4.74 Å².